The summed E-state index contributed by atoms with van der Waals surface area (Å²) < 4.78 is 38.6. The molecule has 2 atom stereocenters. The lowest BCUT2D eigenvalue weighted by Crippen LogP contribution is -2.41. The van der Waals surface area contributed by atoms with Crippen LogP contribution in [0.5, 0.6) is 0 Å². The third kappa shape index (κ3) is 3.48. The van der Waals surface area contributed by atoms with Crippen LogP contribution < -0.4 is 10.0 Å². The van der Waals surface area contributed by atoms with E-state index in [1.165, 1.54) is 6.07 Å². The van der Waals surface area contributed by atoms with Gasteiger partial charge in [-0.05, 0) is 43.9 Å². The first-order chi connectivity index (χ1) is 10.1. The maximum absolute atomic E-state index is 12.4. The first-order valence-electron chi connectivity index (χ1n) is 7.53. The van der Waals surface area contributed by atoms with Crippen molar-refractivity contribution in [1.29, 1.82) is 0 Å². The predicted octanol–water partition coefficient (Wildman–Crippen LogP) is 1.23. The highest BCUT2D eigenvalue weighted by Gasteiger charge is 2.42. The highest BCUT2D eigenvalue weighted by molar-refractivity contribution is 7.89. The van der Waals surface area contributed by atoms with Gasteiger partial charge in [0.25, 0.3) is 10.0 Å². The molecule has 21 heavy (non-hydrogen) atoms. The smallest absolute Gasteiger partial charge is 0.274 e. The number of ether oxygens (including phenoxy) is 1. The normalized spacial score (nSPS) is 26.3. The maximum Gasteiger partial charge on any atom is 0.274 e. The van der Waals surface area contributed by atoms with E-state index >= 15 is 0 Å². The minimum Gasteiger partial charge on any atom is -0.447 e. The zero-order valence-electron chi connectivity index (χ0n) is 12.2. The molecule has 0 amide bonds. The Labute approximate surface area is 125 Å². The fourth-order valence-corrected chi connectivity index (χ4v) is 3.96. The van der Waals surface area contributed by atoms with Crippen molar-refractivity contribution in [3.63, 3.8) is 0 Å². The molecule has 1 saturated carbocycles. The fraction of sp³-hybridized carbons (Fsp3) is 0.714. The van der Waals surface area contributed by atoms with Gasteiger partial charge in [-0.25, -0.2) is 13.1 Å². The quantitative estimate of drug-likeness (QED) is 0.791. The van der Waals surface area contributed by atoms with Crippen molar-refractivity contribution in [2.75, 3.05) is 13.2 Å². The van der Waals surface area contributed by atoms with E-state index in [1.54, 1.807) is 6.07 Å². The van der Waals surface area contributed by atoms with Crippen LogP contribution in [0.2, 0.25) is 0 Å². The molecule has 2 fully saturated rings. The molecule has 0 radical (unpaired) electrons. The molecule has 6 nitrogen and oxygen atoms in total. The molecule has 2 heterocycles. The molecule has 1 aromatic heterocycles. The lowest BCUT2D eigenvalue weighted by Gasteiger charge is -2.18. The van der Waals surface area contributed by atoms with E-state index in [0.29, 0.717) is 24.8 Å². The van der Waals surface area contributed by atoms with Crippen LogP contribution in [-0.2, 0) is 21.3 Å². The van der Waals surface area contributed by atoms with Crippen LogP contribution in [0.25, 0.3) is 0 Å². The molecule has 0 bridgehead atoms. The number of hydrogen-bond acceptors (Lipinski definition) is 5. The van der Waals surface area contributed by atoms with Gasteiger partial charge in [-0.2, -0.15) is 0 Å². The Hall–Kier alpha value is -0.890. The molecule has 0 aromatic carbocycles. The van der Waals surface area contributed by atoms with Crippen LogP contribution >= 0.6 is 0 Å². The average Bonchev–Trinajstić information content (AvgIpc) is 2.99. The molecule has 2 unspecified atom stereocenters. The Morgan fingerprint density at radius 1 is 1.29 bits per heavy atom. The molecular weight excluding hydrogens is 292 g/mol. The first-order valence-corrected chi connectivity index (χ1v) is 9.02. The number of rotatable bonds is 7. The molecule has 2 N–H and O–H groups in total. The van der Waals surface area contributed by atoms with E-state index < -0.39 is 10.0 Å². The van der Waals surface area contributed by atoms with Crippen molar-refractivity contribution in [3.05, 3.63) is 17.9 Å². The Morgan fingerprint density at radius 3 is 2.81 bits per heavy atom. The molecule has 1 aliphatic heterocycles. The maximum atomic E-state index is 12.4. The van der Waals surface area contributed by atoms with Crippen molar-refractivity contribution in [2.45, 2.75) is 50.0 Å². The van der Waals surface area contributed by atoms with Gasteiger partial charge in [0.2, 0.25) is 5.09 Å². The SMILES string of the molecule is CCNCc1ccc(S(=O)(=O)NC2CCOC2C2CC2)o1. The Balaban J connectivity index is 1.66. The molecule has 0 spiro atoms. The third-order valence-corrected chi connectivity index (χ3v) is 5.34. The van der Waals surface area contributed by atoms with Crippen molar-refractivity contribution in [3.8, 4) is 0 Å². The lowest BCUT2D eigenvalue weighted by molar-refractivity contribution is 0.0847. The minimum absolute atomic E-state index is 0.0168. The summed E-state index contributed by atoms with van der Waals surface area (Å²) in [5.41, 5.74) is 0. The van der Waals surface area contributed by atoms with Gasteiger partial charge in [-0.3, -0.25) is 0 Å². The zero-order valence-corrected chi connectivity index (χ0v) is 13.0. The van der Waals surface area contributed by atoms with Gasteiger partial charge < -0.3 is 14.5 Å². The zero-order chi connectivity index (χ0) is 14.9. The first kappa shape index (κ1) is 15.0. The van der Waals surface area contributed by atoms with Crippen LogP contribution in [0.4, 0.5) is 0 Å². The second-order valence-corrected chi connectivity index (χ2v) is 7.34. The van der Waals surface area contributed by atoms with Crippen LogP contribution in [0.1, 0.15) is 31.9 Å². The highest BCUT2D eigenvalue weighted by atomic mass is 32.2. The summed E-state index contributed by atoms with van der Waals surface area (Å²) in [6.45, 7) is 3.95. The summed E-state index contributed by atoms with van der Waals surface area (Å²) in [6, 6.07) is 3.07. The summed E-state index contributed by atoms with van der Waals surface area (Å²) >= 11 is 0. The Bertz CT molecular complexity index is 580. The molecule has 3 rings (SSSR count). The number of hydrogen-bond donors (Lipinski definition) is 2. The standard InChI is InChI=1S/C14H22N2O4S/c1-2-15-9-11-5-6-13(20-11)21(17,18)16-12-7-8-19-14(12)10-3-4-10/h5-6,10,12,14-16H,2-4,7-9H2,1H3. The van der Waals surface area contributed by atoms with E-state index in [4.69, 9.17) is 9.15 Å². The highest BCUT2D eigenvalue weighted by Crippen LogP contribution is 2.39. The van der Waals surface area contributed by atoms with Gasteiger partial charge in [0.05, 0.1) is 18.7 Å². The summed E-state index contributed by atoms with van der Waals surface area (Å²) in [5, 5.41) is 3.09. The molecule has 2 aliphatic rings. The van der Waals surface area contributed by atoms with E-state index in [0.717, 1.165) is 25.8 Å². The average molecular weight is 314 g/mol. The van der Waals surface area contributed by atoms with Gasteiger partial charge in [0.1, 0.15) is 5.76 Å². The van der Waals surface area contributed by atoms with Crippen LogP contribution in [0.15, 0.2) is 21.6 Å². The lowest BCUT2D eigenvalue weighted by atomic mass is 10.1. The summed E-state index contributed by atoms with van der Waals surface area (Å²) in [7, 11) is -3.61. The van der Waals surface area contributed by atoms with E-state index in [9.17, 15) is 8.42 Å². The van der Waals surface area contributed by atoms with Crippen molar-refractivity contribution in [1.82, 2.24) is 10.0 Å². The van der Waals surface area contributed by atoms with Gasteiger partial charge in [0, 0.05) is 6.61 Å². The fourth-order valence-electron chi connectivity index (χ4n) is 2.73. The molecule has 1 saturated heterocycles. The molecular formula is C14H22N2O4S. The number of furan rings is 1. The summed E-state index contributed by atoms with van der Waals surface area (Å²) in [5.74, 6) is 1.14. The van der Waals surface area contributed by atoms with Crippen molar-refractivity contribution in [2.24, 2.45) is 5.92 Å². The molecule has 1 aromatic rings. The Morgan fingerprint density at radius 2 is 2.10 bits per heavy atom. The summed E-state index contributed by atoms with van der Waals surface area (Å²) in [4.78, 5) is 0. The van der Waals surface area contributed by atoms with E-state index in [2.05, 4.69) is 10.0 Å². The van der Waals surface area contributed by atoms with Gasteiger partial charge in [-0.15, -0.1) is 0 Å². The summed E-state index contributed by atoms with van der Waals surface area (Å²) in [6.07, 6.45) is 3.02. The Kier molecular flexibility index (Phi) is 4.35. The van der Waals surface area contributed by atoms with E-state index in [1.807, 2.05) is 6.92 Å². The van der Waals surface area contributed by atoms with Gasteiger partial charge in [0.15, 0.2) is 0 Å². The number of nitrogens with one attached hydrogen (secondary N) is 2. The van der Waals surface area contributed by atoms with Crippen LogP contribution in [0.3, 0.4) is 0 Å². The monoisotopic (exact) mass is 314 g/mol. The van der Waals surface area contributed by atoms with Crippen LogP contribution in [-0.4, -0.2) is 33.7 Å². The van der Waals surface area contributed by atoms with E-state index in [-0.39, 0.29) is 17.2 Å². The van der Waals surface area contributed by atoms with Crippen molar-refractivity contribution >= 4 is 10.0 Å². The molecule has 7 heteroatoms. The van der Waals surface area contributed by atoms with Crippen LogP contribution in [0, 0.1) is 5.92 Å². The largest absolute Gasteiger partial charge is 0.447 e. The third-order valence-electron chi connectivity index (χ3n) is 3.98. The van der Waals surface area contributed by atoms with Gasteiger partial charge >= 0.3 is 0 Å². The number of sulfonamides is 1. The van der Waals surface area contributed by atoms with Crippen molar-refractivity contribution < 1.29 is 17.6 Å². The second kappa shape index (κ2) is 6.08. The second-order valence-electron chi connectivity index (χ2n) is 5.69. The minimum atomic E-state index is -3.61. The molecule has 118 valence electrons. The predicted molar refractivity (Wildman–Crippen MR) is 77.3 cm³/mol. The van der Waals surface area contributed by atoms with Gasteiger partial charge in [-0.1, -0.05) is 6.92 Å². The molecule has 1 aliphatic carbocycles. The topological polar surface area (TPSA) is 80.6 Å².